The molecule has 1 aromatic carbocycles. The molecule has 4 N–H and O–H groups in total. The number of pyridine rings is 1. The molecule has 0 unspecified atom stereocenters. The highest BCUT2D eigenvalue weighted by molar-refractivity contribution is 7.97. The van der Waals surface area contributed by atoms with Gasteiger partial charge in [0, 0.05) is 42.1 Å². The van der Waals surface area contributed by atoms with Crippen LogP contribution in [0.15, 0.2) is 46.0 Å². The van der Waals surface area contributed by atoms with Crippen LogP contribution in [-0.2, 0) is 0 Å². The Kier molecular flexibility index (Phi) is 6.07. The molecule has 0 saturated heterocycles. The summed E-state index contributed by atoms with van der Waals surface area (Å²) in [7, 11) is 0. The molecule has 148 valence electrons. The molecular formula is C21H26N4O2S. The maximum Gasteiger partial charge on any atom is 0.191 e. The van der Waals surface area contributed by atoms with Crippen LogP contribution >= 0.6 is 11.9 Å². The summed E-state index contributed by atoms with van der Waals surface area (Å²) in [6.07, 6.45) is 3.44. The Morgan fingerprint density at radius 1 is 1.14 bits per heavy atom. The molecule has 0 aliphatic carbocycles. The number of aromatic nitrogens is 2. The molecule has 0 radical (unpaired) electrons. The summed E-state index contributed by atoms with van der Waals surface area (Å²) in [4.78, 5) is 9.59. The third-order valence-corrected chi connectivity index (χ3v) is 5.27. The third kappa shape index (κ3) is 4.73. The van der Waals surface area contributed by atoms with Crippen LogP contribution in [0.1, 0.15) is 25.3 Å². The number of aryl methyl sites for hydroxylation is 2. The van der Waals surface area contributed by atoms with Crippen molar-refractivity contribution in [2.75, 3.05) is 18.9 Å². The minimum absolute atomic E-state index is 0.140. The van der Waals surface area contributed by atoms with Crippen molar-refractivity contribution >= 4 is 17.8 Å². The Morgan fingerprint density at radius 3 is 2.61 bits per heavy atom. The molecule has 3 aromatic rings. The number of rotatable bonds is 7. The summed E-state index contributed by atoms with van der Waals surface area (Å²) in [5.41, 5.74) is 9.83. The Hall–Kier alpha value is -2.35. The van der Waals surface area contributed by atoms with E-state index in [1.54, 1.807) is 31.3 Å². The molecule has 0 amide bonds. The van der Waals surface area contributed by atoms with Crippen LogP contribution in [0.3, 0.4) is 0 Å². The second-order valence-electron chi connectivity index (χ2n) is 7.62. The van der Waals surface area contributed by atoms with Gasteiger partial charge in [-0.15, -0.1) is 0 Å². The van der Waals surface area contributed by atoms with Gasteiger partial charge in [0.2, 0.25) is 0 Å². The molecular weight excluding hydrogens is 372 g/mol. The molecule has 0 atom stereocenters. The fraction of sp³-hybridized carbons (Fsp3) is 0.333. The Labute approximate surface area is 169 Å². The van der Waals surface area contributed by atoms with Crippen molar-refractivity contribution in [1.29, 1.82) is 0 Å². The second-order valence-corrected chi connectivity index (χ2v) is 8.59. The minimum atomic E-state index is -0.161. The van der Waals surface area contributed by atoms with Gasteiger partial charge in [-0.05, 0) is 48.2 Å². The van der Waals surface area contributed by atoms with E-state index < -0.39 is 0 Å². The van der Waals surface area contributed by atoms with Gasteiger partial charge in [0.05, 0.1) is 11.8 Å². The van der Waals surface area contributed by atoms with Gasteiger partial charge in [-0.2, -0.15) is 0 Å². The van der Waals surface area contributed by atoms with Crippen molar-refractivity contribution < 1.29 is 9.52 Å². The highest BCUT2D eigenvalue weighted by Crippen LogP contribution is 2.33. The monoisotopic (exact) mass is 398 g/mol. The van der Waals surface area contributed by atoms with Crippen molar-refractivity contribution in [2.24, 2.45) is 5.41 Å². The van der Waals surface area contributed by atoms with E-state index in [4.69, 9.17) is 10.2 Å². The molecule has 28 heavy (non-hydrogen) atoms. The largest absolute Gasteiger partial charge is 0.441 e. The quantitative estimate of drug-likeness (QED) is 0.513. The molecule has 0 aliphatic rings. The summed E-state index contributed by atoms with van der Waals surface area (Å²) in [6, 6.07) is 8.28. The van der Waals surface area contributed by atoms with Crippen molar-refractivity contribution in [3.63, 3.8) is 0 Å². The molecule has 3 rings (SSSR count). The first-order valence-corrected chi connectivity index (χ1v) is 9.90. The van der Waals surface area contributed by atoms with Gasteiger partial charge in [0.1, 0.15) is 5.82 Å². The van der Waals surface area contributed by atoms with E-state index >= 15 is 0 Å². The lowest BCUT2D eigenvalue weighted by Crippen LogP contribution is -2.28. The number of nitrogen functional groups attached to an aromatic ring is 1. The molecule has 0 saturated carbocycles. The molecule has 0 bridgehead atoms. The number of aliphatic hydroxyl groups excluding tert-OH is 1. The van der Waals surface area contributed by atoms with Crippen LogP contribution in [0.4, 0.5) is 5.82 Å². The number of nitrogens with two attached hydrogens (primary N) is 1. The average Bonchev–Trinajstić information content (AvgIpc) is 3.10. The Bertz CT molecular complexity index is 969. The van der Waals surface area contributed by atoms with Gasteiger partial charge in [-0.25, -0.2) is 9.97 Å². The highest BCUT2D eigenvalue weighted by atomic mass is 32.2. The van der Waals surface area contributed by atoms with Gasteiger partial charge in [0.25, 0.3) is 0 Å². The van der Waals surface area contributed by atoms with E-state index in [9.17, 15) is 5.11 Å². The minimum Gasteiger partial charge on any atom is -0.441 e. The van der Waals surface area contributed by atoms with E-state index in [1.165, 1.54) is 0 Å². The number of benzene rings is 1. The zero-order valence-corrected chi connectivity index (χ0v) is 17.4. The molecule has 6 nitrogen and oxygen atoms in total. The lowest BCUT2D eigenvalue weighted by Gasteiger charge is -2.21. The standard InChI is InChI=1S/C21H26N4O2S/c1-13-5-6-16(28-25-11-21(3,4)12-26)8-17(13)15-7-18(20(22)24-9-15)19-10-23-14(2)27-19/h5-10,25-26H,11-12H2,1-4H3,(H2,22,24). The van der Waals surface area contributed by atoms with Gasteiger partial charge in [0.15, 0.2) is 11.7 Å². The van der Waals surface area contributed by atoms with Crippen molar-refractivity contribution in [2.45, 2.75) is 32.6 Å². The maximum absolute atomic E-state index is 9.39. The summed E-state index contributed by atoms with van der Waals surface area (Å²) < 4.78 is 8.96. The summed E-state index contributed by atoms with van der Waals surface area (Å²) in [5, 5.41) is 9.39. The number of aliphatic hydroxyl groups is 1. The van der Waals surface area contributed by atoms with E-state index in [2.05, 4.69) is 39.8 Å². The fourth-order valence-corrected chi connectivity index (χ4v) is 3.59. The predicted octanol–water partition coefficient (Wildman–Crippen LogP) is 4.22. The summed E-state index contributed by atoms with van der Waals surface area (Å²) in [6.45, 7) is 8.76. The van der Waals surface area contributed by atoms with Gasteiger partial charge in [-0.3, -0.25) is 4.72 Å². The summed E-state index contributed by atoms with van der Waals surface area (Å²) in [5.74, 6) is 1.61. The van der Waals surface area contributed by atoms with Crippen LogP contribution in [0, 0.1) is 19.3 Å². The smallest absolute Gasteiger partial charge is 0.191 e. The van der Waals surface area contributed by atoms with E-state index in [0.717, 1.165) is 27.1 Å². The Morgan fingerprint density at radius 2 is 1.93 bits per heavy atom. The van der Waals surface area contributed by atoms with Crippen LogP contribution in [-0.4, -0.2) is 28.2 Å². The molecule has 0 aliphatic heterocycles. The predicted molar refractivity (Wildman–Crippen MR) is 114 cm³/mol. The Balaban J connectivity index is 1.87. The molecule has 0 spiro atoms. The SMILES string of the molecule is Cc1ncc(-c2cc(-c3cc(SNCC(C)(C)CO)ccc3C)cnc2N)o1. The molecule has 7 heteroatoms. The third-order valence-electron chi connectivity index (χ3n) is 4.49. The normalized spacial score (nSPS) is 11.8. The number of hydrogen-bond acceptors (Lipinski definition) is 7. The van der Waals surface area contributed by atoms with Crippen LogP contribution in [0.5, 0.6) is 0 Å². The maximum atomic E-state index is 9.39. The molecule has 2 heterocycles. The number of hydrogen-bond donors (Lipinski definition) is 3. The molecule has 0 fully saturated rings. The summed E-state index contributed by atoms with van der Waals surface area (Å²) >= 11 is 1.55. The van der Waals surface area contributed by atoms with Crippen molar-refractivity contribution in [1.82, 2.24) is 14.7 Å². The zero-order chi connectivity index (χ0) is 20.3. The average molecular weight is 399 g/mol. The number of oxazole rings is 1. The van der Waals surface area contributed by atoms with Crippen LogP contribution in [0.2, 0.25) is 0 Å². The number of anilines is 1. The zero-order valence-electron chi connectivity index (χ0n) is 16.6. The van der Waals surface area contributed by atoms with E-state index in [-0.39, 0.29) is 12.0 Å². The number of nitrogens with zero attached hydrogens (tertiary/aromatic N) is 2. The first-order chi connectivity index (χ1) is 13.3. The fourth-order valence-electron chi connectivity index (χ4n) is 2.65. The van der Waals surface area contributed by atoms with Crippen LogP contribution < -0.4 is 10.5 Å². The highest BCUT2D eigenvalue weighted by Gasteiger charge is 2.16. The lowest BCUT2D eigenvalue weighted by molar-refractivity contribution is 0.164. The molecule has 2 aromatic heterocycles. The van der Waals surface area contributed by atoms with E-state index in [1.807, 2.05) is 19.9 Å². The van der Waals surface area contributed by atoms with Crippen molar-refractivity contribution in [3.8, 4) is 22.5 Å². The lowest BCUT2D eigenvalue weighted by atomic mass is 9.96. The van der Waals surface area contributed by atoms with Crippen molar-refractivity contribution in [3.05, 3.63) is 48.1 Å². The first kappa shape index (κ1) is 20.4. The van der Waals surface area contributed by atoms with E-state index in [0.29, 0.717) is 24.0 Å². The van der Waals surface area contributed by atoms with Gasteiger partial charge < -0.3 is 15.3 Å². The van der Waals surface area contributed by atoms with Gasteiger partial charge >= 0.3 is 0 Å². The van der Waals surface area contributed by atoms with Crippen LogP contribution in [0.25, 0.3) is 22.5 Å². The van der Waals surface area contributed by atoms with Gasteiger partial charge in [-0.1, -0.05) is 19.9 Å². The number of nitrogens with one attached hydrogen (secondary N) is 1. The first-order valence-electron chi connectivity index (χ1n) is 9.09. The topological polar surface area (TPSA) is 97.2 Å². The second kappa shape index (κ2) is 8.34.